The summed E-state index contributed by atoms with van der Waals surface area (Å²) < 4.78 is 50.9. The zero-order chi connectivity index (χ0) is 32.2. The van der Waals surface area contributed by atoms with E-state index in [4.69, 9.17) is 14.8 Å². The highest BCUT2D eigenvalue weighted by atomic mass is 19.1. The van der Waals surface area contributed by atoms with Gasteiger partial charge in [-0.05, 0) is 74.8 Å². The number of likely N-dealkylation sites (N-methyl/N-ethyl adjacent to an activating group) is 1. The van der Waals surface area contributed by atoms with Gasteiger partial charge in [0.15, 0.2) is 0 Å². The number of carbonyl (C=O) groups is 1. The number of hydrogen-bond acceptors (Lipinski definition) is 7. The Labute approximate surface area is 262 Å². The Morgan fingerprint density at radius 2 is 1.72 bits per heavy atom. The molecule has 0 saturated carbocycles. The van der Waals surface area contributed by atoms with Gasteiger partial charge in [-0.15, -0.1) is 0 Å². The second kappa shape index (κ2) is 13.1. The SMILES string of the molecule is CN(C)CCOc1cccc(Nc2nccc(-c3c(-c4ccc(F)c(NC(=O)c5c(F)cccc5F)c4)nn4ccccc34)n2)c1. The van der Waals surface area contributed by atoms with Crippen LogP contribution in [0, 0.1) is 17.5 Å². The Morgan fingerprint density at radius 1 is 0.913 bits per heavy atom. The third-order valence-corrected chi connectivity index (χ3v) is 7.03. The van der Waals surface area contributed by atoms with Crippen LogP contribution in [0.4, 0.5) is 30.5 Å². The topological polar surface area (TPSA) is 96.7 Å². The van der Waals surface area contributed by atoms with Crippen molar-refractivity contribution >= 4 is 28.7 Å². The van der Waals surface area contributed by atoms with Gasteiger partial charge >= 0.3 is 0 Å². The highest BCUT2D eigenvalue weighted by Gasteiger charge is 2.22. The molecule has 12 heteroatoms. The van der Waals surface area contributed by atoms with Gasteiger partial charge in [0.1, 0.15) is 41.1 Å². The summed E-state index contributed by atoms with van der Waals surface area (Å²) in [7, 11) is 3.95. The summed E-state index contributed by atoms with van der Waals surface area (Å²) in [5.41, 5.74) is 2.36. The molecule has 0 aliphatic carbocycles. The summed E-state index contributed by atoms with van der Waals surface area (Å²) in [6.07, 6.45) is 3.37. The zero-order valence-corrected chi connectivity index (χ0v) is 24.8. The van der Waals surface area contributed by atoms with Gasteiger partial charge in [0.05, 0.1) is 22.5 Å². The first kappa shape index (κ1) is 30.3. The lowest BCUT2D eigenvalue weighted by atomic mass is 10.0. The monoisotopic (exact) mass is 623 g/mol. The maximum absolute atomic E-state index is 14.9. The Kier molecular flexibility index (Phi) is 8.61. The summed E-state index contributed by atoms with van der Waals surface area (Å²) in [5.74, 6) is -3.02. The van der Waals surface area contributed by atoms with Crippen LogP contribution in [-0.4, -0.2) is 57.6 Å². The van der Waals surface area contributed by atoms with Crippen LogP contribution < -0.4 is 15.4 Å². The number of ether oxygens (including phenoxy) is 1. The Balaban J connectivity index is 1.34. The lowest BCUT2D eigenvalue weighted by molar-refractivity contribution is 0.101. The van der Waals surface area contributed by atoms with Crippen LogP contribution in [0.3, 0.4) is 0 Å². The second-order valence-electron chi connectivity index (χ2n) is 10.6. The van der Waals surface area contributed by atoms with Gasteiger partial charge in [-0.25, -0.2) is 27.7 Å². The summed E-state index contributed by atoms with van der Waals surface area (Å²) >= 11 is 0. The van der Waals surface area contributed by atoms with Crippen molar-refractivity contribution in [1.29, 1.82) is 0 Å². The number of amides is 1. The van der Waals surface area contributed by atoms with Crippen molar-refractivity contribution in [2.45, 2.75) is 0 Å². The Hall–Kier alpha value is -5.75. The van der Waals surface area contributed by atoms with Gasteiger partial charge in [0.2, 0.25) is 5.95 Å². The van der Waals surface area contributed by atoms with Gasteiger partial charge in [0.25, 0.3) is 5.91 Å². The zero-order valence-electron chi connectivity index (χ0n) is 24.8. The molecule has 9 nitrogen and oxygen atoms in total. The first-order valence-corrected chi connectivity index (χ1v) is 14.3. The standard InChI is InChI=1S/C34H28F3N7O2/c1-43(2)17-18-46-23-8-5-7-22(20-23)39-34-38-15-14-27(41-34)31-29-11-3-4-16-44(29)42-32(31)21-12-13-24(35)28(19-21)40-33(45)30-25(36)9-6-10-26(30)37/h3-16,19-20H,17-18H2,1-2H3,(H,40,45)(H,38,39,41). The van der Waals surface area contributed by atoms with Crippen LogP contribution in [0.5, 0.6) is 5.75 Å². The van der Waals surface area contributed by atoms with E-state index in [2.05, 4.69) is 15.6 Å². The summed E-state index contributed by atoms with van der Waals surface area (Å²) in [6.45, 7) is 1.31. The summed E-state index contributed by atoms with van der Waals surface area (Å²) in [6, 6.07) is 21.8. The van der Waals surface area contributed by atoms with E-state index in [-0.39, 0.29) is 5.69 Å². The molecule has 0 spiro atoms. The smallest absolute Gasteiger partial charge is 0.261 e. The molecule has 0 unspecified atom stereocenters. The summed E-state index contributed by atoms with van der Waals surface area (Å²) in [5, 5.41) is 10.2. The minimum absolute atomic E-state index is 0.272. The van der Waals surface area contributed by atoms with Crippen molar-refractivity contribution in [1.82, 2.24) is 24.5 Å². The molecule has 232 valence electrons. The van der Waals surface area contributed by atoms with E-state index in [1.165, 1.54) is 12.1 Å². The first-order chi connectivity index (χ1) is 22.3. The molecule has 0 fully saturated rings. The fraction of sp³-hybridized carbons (Fsp3) is 0.118. The summed E-state index contributed by atoms with van der Waals surface area (Å²) in [4.78, 5) is 23.9. The van der Waals surface area contributed by atoms with Gasteiger partial charge in [-0.3, -0.25) is 4.79 Å². The molecule has 3 heterocycles. The third kappa shape index (κ3) is 6.52. The Bertz CT molecular complexity index is 2030. The fourth-order valence-corrected chi connectivity index (χ4v) is 4.82. The van der Waals surface area contributed by atoms with E-state index in [0.717, 1.165) is 36.5 Å². The van der Waals surface area contributed by atoms with Gasteiger partial charge in [-0.1, -0.05) is 18.2 Å². The molecule has 0 bridgehead atoms. The minimum atomic E-state index is -1.12. The quantitative estimate of drug-likeness (QED) is 0.173. The van der Waals surface area contributed by atoms with E-state index in [1.54, 1.807) is 23.0 Å². The number of aromatic nitrogens is 4. The number of carbonyl (C=O) groups excluding carboxylic acids is 1. The highest BCUT2D eigenvalue weighted by Crippen LogP contribution is 2.36. The molecular weight excluding hydrogens is 595 g/mol. The normalized spacial score (nSPS) is 11.2. The number of halogens is 3. The van der Waals surface area contributed by atoms with Crippen LogP contribution in [0.1, 0.15) is 10.4 Å². The number of hydrogen-bond donors (Lipinski definition) is 2. The molecule has 0 aliphatic rings. The number of nitrogens with zero attached hydrogens (tertiary/aromatic N) is 5. The average molecular weight is 624 g/mol. The molecule has 6 aromatic rings. The largest absolute Gasteiger partial charge is 0.492 e. The minimum Gasteiger partial charge on any atom is -0.492 e. The van der Waals surface area contributed by atoms with Crippen LogP contribution in [0.25, 0.3) is 28.0 Å². The lowest BCUT2D eigenvalue weighted by Crippen LogP contribution is -2.19. The second-order valence-corrected chi connectivity index (χ2v) is 10.6. The average Bonchev–Trinajstić information content (AvgIpc) is 3.42. The van der Waals surface area contributed by atoms with Crippen molar-refractivity contribution in [2.75, 3.05) is 37.9 Å². The predicted molar refractivity (Wildman–Crippen MR) is 170 cm³/mol. The number of anilines is 3. The molecule has 3 aromatic carbocycles. The molecular formula is C34H28F3N7O2. The van der Waals surface area contributed by atoms with Crippen LogP contribution in [-0.2, 0) is 0 Å². The number of pyridine rings is 1. The fourth-order valence-electron chi connectivity index (χ4n) is 4.82. The van der Waals surface area contributed by atoms with Gasteiger partial charge in [-0.2, -0.15) is 5.10 Å². The molecule has 2 N–H and O–H groups in total. The Morgan fingerprint density at radius 3 is 2.52 bits per heavy atom. The van der Waals surface area contributed by atoms with E-state index < -0.39 is 28.9 Å². The van der Waals surface area contributed by atoms with Gasteiger partial charge < -0.3 is 20.3 Å². The van der Waals surface area contributed by atoms with Crippen molar-refractivity contribution < 1.29 is 22.7 Å². The molecule has 0 atom stereocenters. The number of fused-ring (bicyclic) bond motifs is 1. The van der Waals surface area contributed by atoms with Crippen molar-refractivity contribution in [3.63, 3.8) is 0 Å². The molecule has 6 rings (SSSR count). The molecule has 3 aromatic heterocycles. The first-order valence-electron chi connectivity index (χ1n) is 14.3. The molecule has 0 aliphatic heterocycles. The number of nitrogens with one attached hydrogen (secondary N) is 2. The van der Waals surface area contributed by atoms with E-state index in [9.17, 15) is 18.0 Å². The van der Waals surface area contributed by atoms with Crippen molar-refractivity contribution in [3.8, 4) is 28.3 Å². The molecule has 0 saturated heterocycles. The maximum atomic E-state index is 14.9. The third-order valence-electron chi connectivity index (χ3n) is 7.03. The van der Waals surface area contributed by atoms with Crippen molar-refractivity contribution in [3.05, 3.63) is 120 Å². The lowest BCUT2D eigenvalue weighted by Gasteiger charge is -2.12. The van der Waals surface area contributed by atoms with E-state index >= 15 is 0 Å². The van der Waals surface area contributed by atoms with Gasteiger partial charge in [0, 0.05) is 36.3 Å². The van der Waals surface area contributed by atoms with E-state index in [1.807, 2.05) is 61.5 Å². The number of benzene rings is 3. The van der Waals surface area contributed by atoms with Crippen LogP contribution in [0.15, 0.2) is 97.3 Å². The van der Waals surface area contributed by atoms with Crippen LogP contribution in [0.2, 0.25) is 0 Å². The number of rotatable bonds is 10. The maximum Gasteiger partial charge on any atom is 0.261 e. The molecule has 46 heavy (non-hydrogen) atoms. The van der Waals surface area contributed by atoms with E-state index in [0.29, 0.717) is 46.3 Å². The van der Waals surface area contributed by atoms with Crippen LogP contribution >= 0.6 is 0 Å². The highest BCUT2D eigenvalue weighted by molar-refractivity contribution is 6.05. The van der Waals surface area contributed by atoms with Crippen molar-refractivity contribution in [2.24, 2.45) is 0 Å². The molecule has 1 amide bonds. The predicted octanol–water partition coefficient (Wildman–Crippen LogP) is 6.81. The molecule has 0 radical (unpaired) electrons.